The van der Waals surface area contributed by atoms with Gasteiger partial charge in [-0.15, -0.1) is 0 Å². The van der Waals surface area contributed by atoms with Crippen LogP contribution < -0.4 is 5.32 Å². The Bertz CT molecular complexity index is 964. The van der Waals surface area contributed by atoms with Crippen molar-refractivity contribution in [3.8, 4) is 17.5 Å². The Kier molecular flexibility index (Phi) is 6.20. The minimum Gasteiger partial charge on any atom is -0.382 e. The number of nitrogens with zero attached hydrogens (tertiary/aromatic N) is 4. The van der Waals surface area contributed by atoms with Crippen molar-refractivity contribution >= 4 is 17.8 Å². The van der Waals surface area contributed by atoms with Crippen LogP contribution in [0.1, 0.15) is 57.9 Å². The molecule has 8 nitrogen and oxygen atoms in total. The van der Waals surface area contributed by atoms with Crippen LogP contribution in [0.2, 0.25) is 0 Å². The number of amides is 1. The molecule has 0 unspecified atom stereocenters. The van der Waals surface area contributed by atoms with Crippen LogP contribution in [0.15, 0.2) is 22.7 Å². The van der Waals surface area contributed by atoms with E-state index < -0.39 is 5.41 Å². The van der Waals surface area contributed by atoms with Gasteiger partial charge in [0.25, 0.3) is 0 Å². The molecular weight excluding hydrogens is 380 g/mol. The van der Waals surface area contributed by atoms with Crippen LogP contribution in [-0.2, 0) is 4.79 Å². The summed E-state index contributed by atoms with van der Waals surface area (Å²) in [5.74, 6) is 1.05. The van der Waals surface area contributed by atoms with E-state index >= 15 is 0 Å². The van der Waals surface area contributed by atoms with Crippen LogP contribution in [0.3, 0.4) is 0 Å². The standard InChI is InChI=1S/C22H28N6O2/c1-14(2)25-18-11-16(5-6-17(18)12-23)19-26-20(30-27-19)15-7-9-28(10-8-15)21(29)22(3,4)13-24/h5-6,11-12,14-15,23,25H,7-10H2,1-4H3. The fourth-order valence-electron chi connectivity index (χ4n) is 3.55. The summed E-state index contributed by atoms with van der Waals surface area (Å²) >= 11 is 0. The van der Waals surface area contributed by atoms with E-state index in [-0.39, 0.29) is 17.9 Å². The minimum absolute atomic E-state index is 0.0922. The zero-order valence-corrected chi connectivity index (χ0v) is 17.9. The number of anilines is 1. The van der Waals surface area contributed by atoms with Crippen molar-refractivity contribution in [2.75, 3.05) is 18.4 Å². The largest absolute Gasteiger partial charge is 0.382 e. The summed E-state index contributed by atoms with van der Waals surface area (Å²) in [6.45, 7) is 8.53. The van der Waals surface area contributed by atoms with Gasteiger partial charge in [0.05, 0.1) is 6.07 Å². The number of benzene rings is 1. The van der Waals surface area contributed by atoms with Gasteiger partial charge in [-0.2, -0.15) is 10.2 Å². The number of likely N-dealkylation sites (tertiary alicyclic amines) is 1. The van der Waals surface area contributed by atoms with E-state index in [0.29, 0.717) is 24.8 Å². The number of rotatable bonds is 6. The highest BCUT2D eigenvalue weighted by Gasteiger charge is 2.35. The lowest BCUT2D eigenvalue weighted by atomic mass is 9.90. The molecule has 2 N–H and O–H groups in total. The molecule has 0 spiro atoms. The average molecular weight is 409 g/mol. The van der Waals surface area contributed by atoms with Crippen LogP contribution in [-0.4, -0.2) is 46.3 Å². The second kappa shape index (κ2) is 8.66. The lowest BCUT2D eigenvalue weighted by molar-refractivity contribution is -0.138. The number of carbonyl (C=O) groups excluding carboxylic acids is 1. The van der Waals surface area contributed by atoms with Gasteiger partial charge in [0.15, 0.2) is 0 Å². The number of nitrogens with one attached hydrogen (secondary N) is 2. The topological polar surface area (TPSA) is 119 Å². The van der Waals surface area contributed by atoms with E-state index in [1.165, 1.54) is 6.21 Å². The Morgan fingerprint density at radius 2 is 2.10 bits per heavy atom. The normalized spacial score (nSPS) is 15.1. The zero-order valence-electron chi connectivity index (χ0n) is 17.9. The number of hydrogen-bond donors (Lipinski definition) is 2. The zero-order chi connectivity index (χ0) is 21.9. The highest BCUT2D eigenvalue weighted by atomic mass is 16.5. The first kappa shape index (κ1) is 21.5. The van der Waals surface area contributed by atoms with E-state index in [1.807, 2.05) is 32.0 Å². The molecule has 1 aliphatic rings. The number of aromatic nitrogens is 2. The Labute approximate surface area is 176 Å². The Morgan fingerprint density at radius 3 is 2.70 bits per heavy atom. The van der Waals surface area contributed by atoms with E-state index in [4.69, 9.17) is 9.93 Å². The lowest BCUT2D eigenvalue weighted by Crippen LogP contribution is -2.44. The SMILES string of the molecule is CC(C)Nc1cc(-c2noc(C3CCN(C(=O)C(C)(C)C#N)CC3)n2)ccc1C=N. The lowest BCUT2D eigenvalue weighted by Gasteiger charge is -2.33. The Hall–Kier alpha value is -3.21. The molecule has 3 rings (SSSR count). The van der Waals surface area contributed by atoms with Crippen LogP contribution in [0, 0.1) is 22.2 Å². The maximum Gasteiger partial charge on any atom is 0.242 e. The highest BCUT2D eigenvalue weighted by Crippen LogP contribution is 2.31. The highest BCUT2D eigenvalue weighted by molar-refractivity contribution is 5.87. The Morgan fingerprint density at radius 1 is 1.40 bits per heavy atom. The predicted octanol–water partition coefficient (Wildman–Crippen LogP) is 3.81. The molecule has 1 aromatic carbocycles. The minimum atomic E-state index is -1.01. The fourth-order valence-corrected chi connectivity index (χ4v) is 3.55. The van der Waals surface area contributed by atoms with Crippen molar-refractivity contribution in [2.45, 2.75) is 52.5 Å². The summed E-state index contributed by atoms with van der Waals surface area (Å²) in [5.41, 5.74) is 1.47. The molecule has 1 amide bonds. The number of piperidine rings is 1. The van der Waals surface area contributed by atoms with E-state index in [0.717, 1.165) is 29.7 Å². The van der Waals surface area contributed by atoms with Crippen molar-refractivity contribution in [1.29, 1.82) is 10.7 Å². The maximum absolute atomic E-state index is 12.5. The molecule has 2 aromatic rings. The number of carbonyl (C=O) groups is 1. The molecule has 0 aliphatic carbocycles. The van der Waals surface area contributed by atoms with Gasteiger partial charge in [-0.3, -0.25) is 4.79 Å². The van der Waals surface area contributed by atoms with Crippen molar-refractivity contribution in [3.63, 3.8) is 0 Å². The molecule has 1 aliphatic heterocycles. The van der Waals surface area contributed by atoms with Gasteiger partial charge in [-0.1, -0.05) is 17.3 Å². The molecule has 0 atom stereocenters. The van der Waals surface area contributed by atoms with E-state index in [1.54, 1.807) is 18.7 Å². The van der Waals surface area contributed by atoms with Crippen LogP contribution >= 0.6 is 0 Å². The van der Waals surface area contributed by atoms with Crippen molar-refractivity contribution in [2.24, 2.45) is 5.41 Å². The van der Waals surface area contributed by atoms with E-state index in [9.17, 15) is 10.1 Å². The molecule has 1 saturated heterocycles. The van der Waals surface area contributed by atoms with Gasteiger partial charge in [0.2, 0.25) is 17.6 Å². The smallest absolute Gasteiger partial charge is 0.242 e. The van der Waals surface area contributed by atoms with Gasteiger partial charge < -0.3 is 20.1 Å². The molecular formula is C22H28N6O2. The van der Waals surface area contributed by atoms with Gasteiger partial charge in [-0.05, 0) is 46.6 Å². The molecule has 1 aromatic heterocycles. The first-order valence-corrected chi connectivity index (χ1v) is 10.2. The molecule has 0 saturated carbocycles. The Balaban J connectivity index is 1.71. The quantitative estimate of drug-likeness (QED) is 0.702. The molecule has 30 heavy (non-hydrogen) atoms. The third-order valence-electron chi connectivity index (χ3n) is 5.30. The number of hydrogen-bond acceptors (Lipinski definition) is 7. The molecule has 8 heteroatoms. The second-order valence-electron chi connectivity index (χ2n) is 8.50. The van der Waals surface area contributed by atoms with Crippen molar-refractivity contribution < 1.29 is 9.32 Å². The predicted molar refractivity (Wildman–Crippen MR) is 114 cm³/mol. The fraction of sp³-hybridized carbons (Fsp3) is 0.500. The molecule has 0 radical (unpaired) electrons. The van der Waals surface area contributed by atoms with Crippen LogP contribution in [0.25, 0.3) is 11.4 Å². The maximum atomic E-state index is 12.5. The monoisotopic (exact) mass is 408 g/mol. The molecule has 0 bridgehead atoms. The molecule has 1 fully saturated rings. The van der Waals surface area contributed by atoms with Gasteiger partial charge >= 0.3 is 0 Å². The average Bonchev–Trinajstić information content (AvgIpc) is 3.23. The third-order valence-corrected chi connectivity index (χ3v) is 5.30. The summed E-state index contributed by atoms with van der Waals surface area (Å²) in [5, 5.41) is 24.3. The van der Waals surface area contributed by atoms with Crippen molar-refractivity contribution in [3.05, 3.63) is 29.7 Å². The van der Waals surface area contributed by atoms with E-state index in [2.05, 4.69) is 21.5 Å². The summed E-state index contributed by atoms with van der Waals surface area (Å²) in [4.78, 5) is 18.8. The second-order valence-corrected chi connectivity index (χ2v) is 8.50. The first-order chi connectivity index (χ1) is 14.2. The summed E-state index contributed by atoms with van der Waals surface area (Å²) in [6, 6.07) is 7.99. The van der Waals surface area contributed by atoms with Gasteiger partial charge in [-0.25, -0.2) is 0 Å². The van der Waals surface area contributed by atoms with Crippen LogP contribution in [0.4, 0.5) is 5.69 Å². The molecule has 158 valence electrons. The van der Waals surface area contributed by atoms with Gasteiger partial charge in [0, 0.05) is 48.1 Å². The van der Waals surface area contributed by atoms with Crippen molar-refractivity contribution in [1.82, 2.24) is 15.0 Å². The summed E-state index contributed by atoms with van der Waals surface area (Å²) in [7, 11) is 0. The first-order valence-electron chi connectivity index (χ1n) is 10.2. The number of nitriles is 1. The summed E-state index contributed by atoms with van der Waals surface area (Å²) < 4.78 is 5.54. The van der Waals surface area contributed by atoms with Gasteiger partial charge in [0.1, 0.15) is 5.41 Å². The summed E-state index contributed by atoms with van der Waals surface area (Å²) in [6.07, 6.45) is 2.77. The molecule has 2 heterocycles. The van der Waals surface area contributed by atoms with Crippen LogP contribution in [0.5, 0.6) is 0 Å². The third kappa shape index (κ3) is 4.51.